The van der Waals surface area contributed by atoms with Crippen LogP contribution in [-0.2, 0) is 0 Å². The van der Waals surface area contributed by atoms with Crippen LogP contribution in [0.15, 0.2) is 11.1 Å². The Labute approximate surface area is 37.4 Å². The van der Waals surface area contributed by atoms with Gasteiger partial charge >= 0.3 is 0 Å². The maximum Gasteiger partial charge on any atom is 0.255 e. The molecular formula is C5H6N+. The Morgan fingerprint density at radius 1 is 1.67 bits per heavy atom. The first-order valence-corrected chi connectivity index (χ1v) is 2.03. The molecule has 6 heavy (non-hydrogen) atoms. The lowest BCUT2D eigenvalue weighted by molar-refractivity contribution is 1.16. The molecule has 0 aromatic carbocycles. The molecule has 0 fully saturated rings. The highest BCUT2D eigenvalue weighted by Crippen LogP contribution is 1.84. The molecule has 0 radical (unpaired) electrons. The molecule has 1 heterocycles. The van der Waals surface area contributed by atoms with E-state index in [2.05, 4.69) is 11.1 Å². The third-order valence-corrected chi connectivity index (χ3v) is 0.679. The molecule has 0 atom stereocenters. The normalized spacial score (nSPS) is 17.3. The number of aliphatic imine (C=N–C) groups is 1. The summed E-state index contributed by atoms with van der Waals surface area (Å²) < 4.78 is 0. The summed E-state index contributed by atoms with van der Waals surface area (Å²) in [7, 11) is 0. The Morgan fingerprint density at radius 3 is 2.83 bits per heavy atom. The van der Waals surface area contributed by atoms with Crippen molar-refractivity contribution in [2.24, 2.45) is 4.99 Å². The van der Waals surface area contributed by atoms with Crippen LogP contribution in [0.5, 0.6) is 0 Å². The fourth-order valence-corrected chi connectivity index (χ4v) is 0.392. The molecule has 0 aliphatic carbocycles. The van der Waals surface area contributed by atoms with E-state index < -0.39 is 0 Å². The molecule has 1 aliphatic heterocycles. The van der Waals surface area contributed by atoms with Crippen molar-refractivity contribution in [1.82, 2.24) is 0 Å². The lowest BCUT2D eigenvalue weighted by Gasteiger charge is -1.75. The molecule has 1 aliphatic rings. The lowest BCUT2D eigenvalue weighted by Crippen LogP contribution is -1.81. The summed E-state index contributed by atoms with van der Waals surface area (Å²) in [5.41, 5.74) is 0. The minimum Gasteiger partial charge on any atom is -0.242 e. The second-order valence-electron chi connectivity index (χ2n) is 1.17. The first-order valence-electron chi connectivity index (χ1n) is 2.03. The van der Waals surface area contributed by atoms with Crippen LogP contribution in [0.4, 0.5) is 0 Å². The number of hydrogen-bond acceptors (Lipinski definition) is 1. The molecule has 1 nitrogen and oxygen atoms in total. The number of dihydropyridines is 1. The van der Waals surface area contributed by atoms with Gasteiger partial charge in [0, 0.05) is 6.21 Å². The van der Waals surface area contributed by atoms with E-state index in [-0.39, 0.29) is 0 Å². The van der Waals surface area contributed by atoms with E-state index in [0.29, 0.717) is 0 Å². The Bertz CT molecular complexity index is 61.9. The number of rotatable bonds is 0. The highest BCUT2D eigenvalue weighted by molar-refractivity contribution is 5.60. The van der Waals surface area contributed by atoms with Crippen molar-refractivity contribution in [3.8, 4) is 0 Å². The molecular weight excluding hydrogens is 74.1 g/mol. The van der Waals surface area contributed by atoms with Gasteiger partial charge in [-0.1, -0.05) is 0 Å². The van der Waals surface area contributed by atoms with E-state index in [0.717, 1.165) is 13.0 Å². The topological polar surface area (TPSA) is 12.4 Å². The molecule has 0 N–H and O–H groups in total. The molecule has 1 heteroatoms. The highest BCUT2D eigenvalue weighted by atomic mass is 14.7. The summed E-state index contributed by atoms with van der Waals surface area (Å²) >= 11 is 0. The van der Waals surface area contributed by atoms with E-state index in [4.69, 9.17) is 0 Å². The van der Waals surface area contributed by atoms with Gasteiger partial charge in [0.1, 0.15) is 0 Å². The van der Waals surface area contributed by atoms with Crippen molar-refractivity contribution in [2.75, 3.05) is 6.54 Å². The largest absolute Gasteiger partial charge is 0.255 e. The van der Waals surface area contributed by atoms with Crippen molar-refractivity contribution < 1.29 is 0 Å². The van der Waals surface area contributed by atoms with Crippen LogP contribution >= 0.6 is 0 Å². The molecule has 0 amide bonds. The van der Waals surface area contributed by atoms with Gasteiger partial charge in [-0.3, -0.25) is 0 Å². The lowest BCUT2D eigenvalue weighted by atomic mass is 10.3. The Balaban J connectivity index is 2.40. The quantitative estimate of drug-likeness (QED) is 0.382. The van der Waals surface area contributed by atoms with Crippen LogP contribution < -0.4 is 0 Å². The number of allylic oxidation sites excluding steroid dienone is 1. The minimum absolute atomic E-state index is 0.764. The summed E-state index contributed by atoms with van der Waals surface area (Å²) in [5.74, 6) is 0. The smallest absolute Gasteiger partial charge is 0.242 e. The molecule has 30 valence electrons. The zero-order valence-electron chi connectivity index (χ0n) is 3.52. The van der Waals surface area contributed by atoms with Crippen LogP contribution in [0.25, 0.3) is 0 Å². The zero-order valence-corrected chi connectivity index (χ0v) is 3.52. The van der Waals surface area contributed by atoms with Gasteiger partial charge in [0.2, 0.25) is 6.08 Å². The third kappa shape index (κ3) is 0.631. The average molecular weight is 80.1 g/mol. The van der Waals surface area contributed by atoms with Crippen molar-refractivity contribution in [3.63, 3.8) is 0 Å². The Morgan fingerprint density at radius 2 is 2.67 bits per heavy atom. The van der Waals surface area contributed by atoms with E-state index in [1.165, 1.54) is 0 Å². The van der Waals surface area contributed by atoms with Gasteiger partial charge in [-0.15, -0.1) is 0 Å². The third-order valence-electron chi connectivity index (χ3n) is 0.679. The second-order valence-corrected chi connectivity index (χ2v) is 1.17. The second kappa shape index (κ2) is 1.68. The summed E-state index contributed by atoms with van der Waals surface area (Å²) in [6, 6.07) is 0. The summed E-state index contributed by atoms with van der Waals surface area (Å²) in [5, 5.41) is 0. The van der Waals surface area contributed by atoms with Crippen LogP contribution in [0.3, 0.4) is 0 Å². The van der Waals surface area contributed by atoms with Crippen molar-refractivity contribution in [3.05, 3.63) is 12.2 Å². The monoisotopic (exact) mass is 80.0 g/mol. The first-order chi connectivity index (χ1) is 3.00. The van der Waals surface area contributed by atoms with E-state index >= 15 is 0 Å². The van der Waals surface area contributed by atoms with E-state index in [1.807, 2.05) is 12.3 Å². The number of hydrogen-bond donors (Lipinski definition) is 0. The summed E-state index contributed by atoms with van der Waals surface area (Å²) in [6.07, 6.45) is 7.83. The summed E-state index contributed by atoms with van der Waals surface area (Å²) in [4.78, 5) is 3.91. The first kappa shape index (κ1) is 3.51. The molecule has 0 aromatic heterocycles. The van der Waals surface area contributed by atoms with Crippen LogP contribution in [0, 0.1) is 6.08 Å². The predicted molar refractivity (Wildman–Crippen MR) is 25.8 cm³/mol. The van der Waals surface area contributed by atoms with Gasteiger partial charge in [0.25, 0.3) is 6.54 Å². The van der Waals surface area contributed by atoms with Gasteiger partial charge in [0.05, 0.1) is 6.42 Å². The minimum atomic E-state index is 0.764. The van der Waals surface area contributed by atoms with Crippen molar-refractivity contribution in [2.45, 2.75) is 6.42 Å². The summed E-state index contributed by atoms with van der Waals surface area (Å²) in [6.45, 7) is 0.764. The van der Waals surface area contributed by atoms with Crippen LogP contribution in [-0.4, -0.2) is 12.8 Å². The predicted octanol–water partition coefficient (Wildman–Crippen LogP) is 0.820. The van der Waals surface area contributed by atoms with Crippen LogP contribution in [0.2, 0.25) is 0 Å². The fraction of sp³-hybridized carbons (Fsp3) is 0.400. The van der Waals surface area contributed by atoms with Crippen molar-refractivity contribution >= 4 is 6.21 Å². The van der Waals surface area contributed by atoms with Gasteiger partial charge in [-0.05, 0) is 0 Å². The fourth-order valence-electron chi connectivity index (χ4n) is 0.392. The number of nitrogens with zero attached hydrogens (tertiary/aromatic N) is 1. The van der Waals surface area contributed by atoms with Gasteiger partial charge in [-0.25, -0.2) is 4.99 Å². The van der Waals surface area contributed by atoms with Gasteiger partial charge in [0.15, 0.2) is 6.08 Å². The molecule has 0 bridgehead atoms. The van der Waals surface area contributed by atoms with Gasteiger partial charge < -0.3 is 0 Å². The average Bonchev–Trinajstić information content (AvgIpc) is 1.72. The standard InChI is InChI=1S/C5H6N/c1-2-4-6-5-3-1/h1,4H,2,5H2/q+1. The molecule has 0 saturated carbocycles. The SMILES string of the molecule is [C+]1=CCC=NC1. The Hall–Kier alpha value is -0.680. The molecule has 1 rings (SSSR count). The molecule has 0 aromatic rings. The van der Waals surface area contributed by atoms with Crippen molar-refractivity contribution in [1.29, 1.82) is 0 Å². The van der Waals surface area contributed by atoms with E-state index in [1.54, 1.807) is 0 Å². The molecule has 0 spiro atoms. The Kier molecular flexibility index (Phi) is 0.984. The van der Waals surface area contributed by atoms with Gasteiger partial charge in [-0.2, -0.15) is 0 Å². The van der Waals surface area contributed by atoms with Crippen LogP contribution in [0.1, 0.15) is 6.42 Å². The van der Waals surface area contributed by atoms with E-state index in [9.17, 15) is 0 Å². The zero-order chi connectivity index (χ0) is 4.24. The molecule has 0 saturated heterocycles. The maximum absolute atomic E-state index is 3.91. The maximum atomic E-state index is 3.91. The molecule has 0 unspecified atom stereocenters. The highest BCUT2D eigenvalue weighted by Gasteiger charge is 1.92.